The standard InChI is InChI=1S/C27H33ClN4O4/c1-17(2)16-31(19(4)21-7-5-8-22(28)15-21)27(36)25(34)24(33)26(35)30-18(3)20-9-11-23(12-10-20)32-14-6-13-29-32/h5-15,17-19,24-25,33-34H,16H2,1-4H3,(H,30,35)/t18-,19?,24-,25-/m1/s1. The Hall–Kier alpha value is -3.20. The Morgan fingerprint density at radius 3 is 2.28 bits per heavy atom. The number of aliphatic hydroxyl groups excluding tert-OH is 2. The average molecular weight is 513 g/mol. The van der Waals surface area contributed by atoms with Crippen molar-refractivity contribution in [1.29, 1.82) is 0 Å². The summed E-state index contributed by atoms with van der Waals surface area (Å²) in [6.07, 6.45) is -0.336. The number of aromatic nitrogens is 2. The van der Waals surface area contributed by atoms with E-state index < -0.39 is 36.1 Å². The lowest BCUT2D eigenvalue weighted by Gasteiger charge is -2.34. The molecule has 2 aromatic carbocycles. The molecule has 4 atom stereocenters. The van der Waals surface area contributed by atoms with Crippen LogP contribution in [0.2, 0.25) is 5.02 Å². The number of rotatable bonds is 10. The van der Waals surface area contributed by atoms with Gasteiger partial charge in [0.1, 0.15) is 0 Å². The minimum absolute atomic E-state index is 0.0958. The quantitative estimate of drug-likeness (QED) is 0.384. The number of nitrogens with zero attached hydrogens (tertiary/aromatic N) is 3. The number of hydrogen-bond donors (Lipinski definition) is 3. The van der Waals surface area contributed by atoms with E-state index >= 15 is 0 Å². The molecule has 8 nitrogen and oxygen atoms in total. The van der Waals surface area contributed by atoms with Crippen LogP contribution in [0.5, 0.6) is 0 Å². The highest BCUT2D eigenvalue weighted by molar-refractivity contribution is 6.30. The third-order valence-corrected chi connectivity index (χ3v) is 6.22. The molecule has 0 bridgehead atoms. The van der Waals surface area contributed by atoms with E-state index in [0.29, 0.717) is 11.6 Å². The van der Waals surface area contributed by atoms with Crippen LogP contribution in [0.3, 0.4) is 0 Å². The summed E-state index contributed by atoms with van der Waals surface area (Å²) in [6.45, 7) is 7.80. The van der Waals surface area contributed by atoms with Crippen LogP contribution < -0.4 is 5.32 Å². The SMILES string of the molecule is CC(C)CN(C(=O)[C@H](O)[C@@H](O)C(=O)N[C@H](C)c1ccc(-n2cccn2)cc1)C(C)c1cccc(Cl)c1. The van der Waals surface area contributed by atoms with Crippen LogP contribution in [-0.2, 0) is 9.59 Å². The zero-order chi connectivity index (χ0) is 26.4. The first-order valence-electron chi connectivity index (χ1n) is 11.9. The van der Waals surface area contributed by atoms with Crippen molar-refractivity contribution in [3.8, 4) is 5.69 Å². The average Bonchev–Trinajstić information content (AvgIpc) is 3.40. The molecule has 9 heteroatoms. The number of carbonyl (C=O) groups excluding carboxylic acids is 2. The Labute approximate surface area is 216 Å². The first kappa shape index (κ1) is 27.4. The van der Waals surface area contributed by atoms with Crippen LogP contribution in [0.25, 0.3) is 5.69 Å². The van der Waals surface area contributed by atoms with Gasteiger partial charge in [0.2, 0.25) is 0 Å². The largest absolute Gasteiger partial charge is 0.380 e. The fraction of sp³-hybridized carbons (Fsp3) is 0.370. The molecule has 0 aliphatic carbocycles. The van der Waals surface area contributed by atoms with Crippen LogP contribution in [0.15, 0.2) is 67.0 Å². The molecule has 3 N–H and O–H groups in total. The zero-order valence-corrected chi connectivity index (χ0v) is 21.6. The van der Waals surface area contributed by atoms with Crippen molar-refractivity contribution in [1.82, 2.24) is 20.0 Å². The predicted octanol–water partition coefficient (Wildman–Crippen LogP) is 3.67. The number of aliphatic hydroxyl groups is 2. The number of carbonyl (C=O) groups is 2. The molecule has 2 amide bonds. The molecule has 1 heterocycles. The van der Waals surface area contributed by atoms with Crippen molar-refractivity contribution in [2.45, 2.75) is 52.0 Å². The van der Waals surface area contributed by atoms with Gasteiger partial charge in [0.25, 0.3) is 11.8 Å². The summed E-state index contributed by atoms with van der Waals surface area (Å²) >= 11 is 6.12. The molecule has 1 aromatic heterocycles. The highest BCUT2D eigenvalue weighted by Gasteiger charge is 2.36. The van der Waals surface area contributed by atoms with Gasteiger partial charge in [-0.1, -0.05) is 49.7 Å². The maximum Gasteiger partial charge on any atom is 0.255 e. The molecule has 0 aliphatic heterocycles. The van der Waals surface area contributed by atoms with Crippen LogP contribution in [0.4, 0.5) is 0 Å². The topological polar surface area (TPSA) is 108 Å². The Balaban J connectivity index is 1.68. The van der Waals surface area contributed by atoms with Crippen molar-refractivity contribution in [3.63, 3.8) is 0 Å². The number of amides is 2. The van der Waals surface area contributed by atoms with Crippen LogP contribution in [0.1, 0.15) is 50.9 Å². The summed E-state index contributed by atoms with van der Waals surface area (Å²) in [4.78, 5) is 27.4. The van der Waals surface area contributed by atoms with Crippen molar-refractivity contribution >= 4 is 23.4 Å². The van der Waals surface area contributed by atoms with Gasteiger partial charge in [-0.25, -0.2) is 4.68 Å². The Bertz CT molecular complexity index is 1150. The van der Waals surface area contributed by atoms with Crippen molar-refractivity contribution in [2.75, 3.05) is 6.54 Å². The van der Waals surface area contributed by atoms with Gasteiger partial charge in [-0.2, -0.15) is 5.10 Å². The third kappa shape index (κ3) is 6.72. The molecule has 3 aromatic rings. The monoisotopic (exact) mass is 512 g/mol. The smallest absolute Gasteiger partial charge is 0.255 e. The van der Waals surface area contributed by atoms with Gasteiger partial charge in [-0.15, -0.1) is 0 Å². The maximum absolute atomic E-state index is 13.2. The van der Waals surface area contributed by atoms with E-state index in [2.05, 4.69) is 10.4 Å². The molecule has 0 aliphatic rings. The molecule has 1 unspecified atom stereocenters. The Kier molecular flexibility index (Phi) is 9.25. The van der Waals surface area contributed by atoms with Crippen LogP contribution >= 0.6 is 11.6 Å². The normalized spacial score (nSPS) is 14.7. The van der Waals surface area contributed by atoms with Crippen molar-refractivity contribution < 1.29 is 19.8 Å². The van der Waals surface area contributed by atoms with E-state index in [0.717, 1.165) is 16.8 Å². The van der Waals surface area contributed by atoms with Crippen LogP contribution in [-0.4, -0.2) is 55.5 Å². The fourth-order valence-electron chi connectivity index (χ4n) is 3.95. The summed E-state index contributed by atoms with van der Waals surface area (Å²) < 4.78 is 1.71. The summed E-state index contributed by atoms with van der Waals surface area (Å²) in [5.41, 5.74) is 2.44. The Morgan fingerprint density at radius 1 is 1.00 bits per heavy atom. The van der Waals surface area contributed by atoms with E-state index in [9.17, 15) is 19.8 Å². The lowest BCUT2D eigenvalue weighted by molar-refractivity contribution is -0.155. The zero-order valence-electron chi connectivity index (χ0n) is 20.9. The molecule has 0 fully saturated rings. The van der Waals surface area contributed by atoms with Gasteiger partial charge in [0.05, 0.1) is 17.8 Å². The highest BCUT2D eigenvalue weighted by atomic mass is 35.5. The lowest BCUT2D eigenvalue weighted by atomic mass is 10.0. The van der Waals surface area contributed by atoms with Gasteiger partial charge in [0, 0.05) is 24.0 Å². The summed E-state index contributed by atoms with van der Waals surface area (Å²) in [5.74, 6) is -1.46. The summed E-state index contributed by atoms with van der Waals surface area (Å²) in [5, 5.41) is 28.6. The number of nitrogens with one attached hydrogen (secondary N) is 1. The van der Waals surface area contributed by atoms with Crippen molar-refractivity contribution in [3.05, 3.63) is 83.1 Å². The molecule has 0 saturated carbocycles. The number of hydrogen-bond acceptors (Lipinski definition) is 5. The summed E-state index contributed by atoms with van der Waals surface area (Å²) in [6, 6.07) is 15.5. The summed E-state index contributed by atoms with van der Waals surface area (Å²) in [7, 11) is 0. The van der Waals surface area contributed by atoms with Crippen molar-refractivity contribution in [2.24, 2.45) is 5.92 Å². The third-order valence-electron chi connectivity index (χ3n) is 5.99. The minimum atomic E-state index is -1.93. The molecular formula is C27H33ClN4O4. The van der Waals surface area contributed by atoms with Crippen LogP contribution in [0, 0.1) is 5.92 Å². The molecule has 36 heavy (non-hydrogen) atoms. The predicted molar refractivity (Wildman–Crippen MR) is 139 cm³/mol. The molecule has 0 saturated heterocycles. The van der Waals surface area contributed by atoms with E-state index in [1.165, 1.54) is 4.90 Å². The second-order valence-electron chi connectivity index (χ2n) is 9.28. The molecular weight excluding hydrogens is 480 g/mol. The minimum Gasteiger partial charge on any atom is -0.380 e. The molecule has 3 rings (SSSR count). The van der Waals surface area contributed by atoms with E-state index in [1.807, 2.05) is 63.4 Å². The highest BCUT2D eigenvalue weighted by Crippen LogP contribution is 2.25. The lowest BCUT2D eigenvalue weighted by Crippen LogP contribution is -2.52. The van der Waals surface area contributed by atoms with E-state index in [4.69, 9.17) is 11.6 Å². The molecule has 0 radical (unpaired) electrons. The van der Waals surface area contributed by atoms with E-state index in [-0.39, 0.29) is 5.92 Å². The van der Waals surface area contributed by atoms with Gasteiger partial charge < -0.3 is 20.4 Å². The second-order valence-corrected chi connectivity index (χ2v) is 9.71. The maximum atomic E-state index is 13.2. The van der Waals surface area contributed by atoms with Gasteiger partial charge in [0.15, 0.2) is 12.2 Å². The van der Waals surface area contributed by atoms with E-state index in [1.54, 1.807) is 36.0 Å². The second kappa shape index (κ2) is 12.2. The number of halogens is 1. The first-order chi connectivity index (χ1) is 17.1. The van der Waals surface area contributed by atoms with Gasteiger partial charge >= 0.3 is 0 Å². The molecule has 192 valence electrons. The van der Waals surface area contributed by atoms with Gasteiger partial charge in [-0.3, -0.25) is 9.59 Å². The van der Waals surface area contributed by atoms with Gasteiger partial charge in [-0.05, 0) is 61.2 Å². The number of benzene rings is 2. The molecule has 0 spiro atoms. The Morgan fingerprint density at radius 2 is 1.69 bits per heavy atom. The fourth-order valence-corrected chi connectivity index (χ4v) is 4.15. The first-order valence-corrected chi connectivity index (χ1v) is 12.3.